The summed E-state index contributed by atoms with van der Waals surface area (Å²) in [6.07, 6.45) is 2.71. The van der Waals surface area contributed by atoms with Gasteiger partial charge in [-0.1, -0.05) is 6.07 Å². The second kappa shape index (κ2) is 4.06. The fourth-order valence-electron chi connectivity index (χ4n) is 2.50. The minimum absolute atomic E-state index is 0.140. The lowest BCUT2D eigenvalue weighted by atomic mass is 10.1. The number of benzene rings is 1. The molecular formula is C13H17FN2. The van der Waals surface area contributed by atoms with Crippen LogP contribution in [-0.2, 0) is 0 Å². The fourth-order valence-corrected chi connectivity index (χ4v) is 2.50. The van der Waals surface area contributed by atoms with E-state index in [2.05, 4.69) is 10.2 Å². The molecule has 1 aliphatic carbocycles. The van der Waals surface area contributed by atoms with Crippen LogP contribution < -0.4 is 10.2 Å². The van der Waals surface area contributed by atoms with Gasteiger partial charge >= 0.3 is 0 Å². The average molecular weight is 220 g/mol. The molecule has 3 rings (SSSR count). The van der Waals surface area contributed by atoms with Crippen LogP contribution in [0.2, 0.25) is 0 Å². The Kier molecular flexibility index (Phi) is 2.56. The zero-order chi connectivity index (χ0) is 11.0. The zero-order valence-electron chi connectivity index (χ0n) is 9.32. The number of hydrogen-bond donors (Lipinski definition) is 1. The first-order valence-electron chi connectivity index (χ1n) is 6.07. The van der Waals surface area contributed by atoms with Crippen molar-refractivity contribution in [3.05, 3.63) is 30.1 Å². The summed E-state index contributed by atoms with van der Waals surface area (Å²) in [5.41, 5.74) is 1.02. The molecule has 0 spiro atoms. The molecule has 0 aromatic heterocycles. The lowest BCUT2D eigenvalue weighted by Crippen LogP contribution is -2.51. The monoisotopic (exact) mass is 220 g/mol. The second-order valence-electron chi connectivity index (χ2n) is 4.82. The van der Waals surface area contributed by atoms with E-state index in [-0.39, 0.29) is 5.82 Å². The SMILES string of the molecule is Fc1cccc(N2CCNC(C3CC3)C2)c1. The molecule has 1 heterocycles. The number of piperazine rings is 1. The van der Waals surface area contributed by atoms with E-state index in [1.807, 2.05) is 6.07 Å². The predicted molar refractivity (Wildman–Crippen MR) is 63.1 cm³/mol. The van der Waals surface area contributed by atoms with Crippen LogP contribution in [-0.4, -0.2) is 25.7 Å². The molecule has 86 valence electrons. The summed E-state index contributed by atoms with van der Waals surface area (Å²) in [5.74, 6) is 0.718. The Morgan fingerprint density at radius 3 is 2.94 bits per heavy atom. The molecule has 1 aromatic carbocycles. The third kappa shape index (κ3) is 2.05. The molecule has 0 radical (unpaired) electrons. The van der Waals surface area contributed by atoms with Crippen LogP contribution in [0.15, 0.2) is 24.3 Å². The minimum atomic E-state index is -0.140. The first-order valence-corrected chi connectivity index (χ1v) is 6.07. The van der Waals surface area contributed by atoms with E-state index in [4.69, 9.17) is 0 Å². The normalized spacial score (nSPS) is 25.8. The van der Waals surface area contributed by atoms with Crippen LogP contribution in [0.25, 0.3) is 0 Å². The van der Waals surface area contributed by atoms with E-state index in [0.717, 1.165) is 31.2 Å². The number of nitrogens with zero attached hydrogens (tertiary/aromatic N) is 1. The Morgan fingerprint density at radius 2 is 2.19 bits per heavy atom. The largest absolute Gasteiger partial charge is 0.369 e. The van der Waals surface area contributed by atoms with Gasteiger partial charge < -0.3 is 10.2 Å². The molecule has 16 heavy (non-hydrogen) atoms. The van der Waals surface area contributed by atoms with Crippen LogP contribution in [0.4, 0.5) is 10.1 Å². The third-order valence-electron chi connectivity index (χ3n) is 3.57. The van der Waals surface area contributed by atoms with E-state index >= 15 is 0 Å². The van der Waals surface area contributed by atoms with Gasteiger partial charge in [0.25, 0.3) is 0 Å². The highest BCUT2D eigenvalue weighted by Crippen LogP contribution is 2.34. The van der Waals surface area contributed by atoms with Gasteiger partial charge in [0.05, 0.1) is 0 Å². The molecule has 1 atom stereocenters. The summed E-state index contributed by atoms with van der Waals surface area (Å²) in [6, 6.07) is 7.54. The Bertz CT molecular complexity index is 376. The molecule has 1 N–H and O–H groups in total. The molecular weight excluding hydrogens is 203 g/mol. The number of anilines is 1. The number of rotatable bonds is 2. The van der Waals surface area contributed by atoms with E-state index in [9.17, 15) is 4.39 Å². The van der Waals surface area contributed by atoms with Gasteiger partial charge in [0.15, 0.2) is 0 Å². The van der Waals surface area contributed by atoms with Crippen molar-refractivity contribution in [2.75, 3.05) is 24.5 Å². The first-order chi connectivity index (χ1) is 7.83. The predicted octanol–water partition coefficient (Wildman–Crippen LogP) is 2.01. The van der Waals surface area contributed by atoms with Gasteiger partial charge in [0.2, 0.25) is 0 Å². The smallest absolute Gasteiger partial charge is 0.125 e. The van der Waals surface area contributed by atoms with Crippen molar-refractivity contribution in [2.45, 2.75) is 18.9 Å². The molecule has 3 heteroatoms. The summed E-state index contributed by atoms with van der Waals surface area (Å²) in [6.45, 7) is 3.01. The maximum atomic E-state index is 13.1. The van der Waals surface area contributed by atoms with E-state index in [1.165, 1.54) is 18.9 Å². The Balaban J connectivity index is 1.73. The maximum absolute atomic E-state index is 13.1. The van der Waals surface area contributed by atoms with Crippen LogP contribution in [0.5, 0.6) is 0 Å². The molecule has 2 fully saturated rings. The van der Waals surface area contributed by atoms with Crippen molar-refractivity contribution >= 4 is 5.69 Å². The van der Waals surface area contributed by atoms with Gasteiger partial charge in [-0.05, 0) is 37.0 Å². The molecule has 0 bridgehead atoms. The number of hydrogen-bond acceptors (Lipinski definition) is 2. The van der Waals surface area contributed by atoms with Crippen LogP contribution in [0, 0.1) is 11.7 Å². The molecule has 1 aliphatic heterocycles. The Hall–Kier alpha value is -1.09. The van der Waals surface area contributed by atoms with Gasteiger partial charge in [-0.15, -0.1) is 0 Å². The Labute approximate surface area is 95.4 Å². The van der Waals surface area contributed by atoms with Crippen LogP contribution in [0.1, 0.15) is 12.8 Å². The third-order valence-corrected chi connectivity index (χ3v) is 3.57. The summed E-state index contributed by atoms with van der Waals surface area (Å²) in [4.78, 5) is 2.29. The molecule has 2 nitrogen and oxygen atoms in total. The number of nitrogens with one attached hydrogen (secondary N) is 1. The summed E-state index contributed by atoms with van der Waals surface area (Å²) < 4.78 is 13.1. The number of halogens is 1. The zero-order valence-corrected chi connectivity index (χ0v) is 9.32. The molecule has 1 saturated carbocycles. The van der Waals surface area contributed by atoms with Crippen molar-refractivity contribution in [3.63, 3.8) is 0 Å². The van der Waals surface area contributed by atoms with Crippen molar-refractivity contribution in [3.8, 4) is 0 Å². The quantitative estimate of drug-likeness (QED) is 0.820. The molecule has 1 unspecified atom stereocenters. The summed E-state index contributed by atoms with van der Waals surface area (Å²) in [5, 5.41) is 3.56. The highest BCUT2D eigenvalue weighted by Gasteiger charge is 2.33. The molecule has 1 aromatic rings. The van der Waals surface area contributed by atoms with Gasteiger partial charge in [0.1, 0.15) is 5.82 Å². The van der Waals surface area contributed by atoms with Gasteiger partial charge in [-0.3, -0.25) is 0 Å². The Morgan fingerprint density at radius 1 is 1.31 bits per heavy atom. The molecule has 0 amide bonds. The fraction of sp³-hybridized carbons (Fsp3) is 0.538. The van der Waals surface area contributed by atoms with Crippen LogP contribution in [0.3, 0.4) is 0 Å². The molecule has 2 aliphatic rings. The van der Waals surface area contributed by atoms with Gasteiger partial charge in [-0.25, -0.2) is 4.39 Å². The molecule has 1 saturated heterocycles. The lowest BCUT2D eigenvalue weighted by Gasteiger charge is -2.35. The van der Waals surface area contributed by atoms with E-state index in [0.29, 0.717) is 6.04 Å². The van der Waals surface area contributed by atoms with Gasteiger partial charge in [0, 0.05) is 31.4 Å². The highest BCUT2D eigenvalue weighted by atomic mass is 19.1. The lowest BCUT2D eigenvalue weighted by molar-refractivity contribution is 0.418. The van der Waals surface area contributed by atoms with Crippen molar-refractivity contribution in [2.24, 2.45) is 5.92 Å². The van der Waals surface area contributed by atoms with Crippen molar-refractivity contribution in [1.29, 1.82) is 0 Å². The summed E-state index contributed by atoms with van der Waals surface area (Å²) >= 11 is 0. The van der Waals surface area contributed by atoms with Crippen molar-refractivity contribution < 1.29 is 4.39 Å². The van der Waals surface area contributed by atoms with Crippen molar-refractivity contribution in [1.82, 2.24) is 5.32 Å². The average Bonchev–Trinajstić information content (AvgIpc) is 3.13. The minimum Gasteiger partial charge on any atom is -0.369 e. The summed E-state index contributed by atoms with van der Waals surface area (Å²) in [7, 11) is 0. The maximum Gasteiger partial charge on any atom is 0.125 e. The topological polar surface area (TPSA) is 15.3 Å². The van der Waals surface area contributed by atoms with Gasteiger partial charge in [-0.2, -0.15) is 0 Å². The van der Waals surface area contributed by atoms with E-state index in [1.54, 1.807) is 12.1 Å². The standard InChI is InChI=1S/C13H17FN2/c14-11-2-1-3-12(8-11)16-7-6-15-13(9-16)10-4-5-10/h1-3,8,10,13,15H,4-7,9H2. The first kappa shape index (κ1) is 10.1. The van der Waals surface area contributed by atoms with E-state index < -0.39 is 0 Å². The second-order valence-corrected chi connectivity index (χ2v) is 4.82. The highest BCUT2D eigenvalue weighted by molar-refractivity contribution is 5.47. The van der Waals surface area contributed by atoms with Crippen LogP contribution >= 0.6 is 0 Å².